The van der Waals surface area contributed by atoms with E-state index in [1.54, 1.807) is 24.3 Å². The maximum atomic E-state index is 13.2. The number of carbonyl (C=O) groups excluding carboxylic acids is 1. The smallest absolute Gasteiger partial charge is 0.345 e. The van der Waals surface area contributed by atoms with Gasteiger partial charge in [0.1, 0.15) is 10.3 Å². The van der Waals surface area contributed by atoms with Gasteiger partial charge in [0.2, 0.25) is 5.52 Å². The molecule has 0 amide bonds. The second-order valence-electron chi connectivity index (χ2n) is 11.2. The van der Waals surface area contributed by atoms with Crippen molar-refractivity contribution in [2.24, 2.45) is 0 Å². The van der Waals surface area contributed by atoms with Crippen LogP contribution in [0.5, 0.6) is 0 Å². The summed E-state index contributed by atoms with van der Waals surface area (Å²) >= 11 is 1.33. The van der Waals surface area contributed by atoms with E-state index in [0.29, 0.717) is 21.7 Å². The average Bonchev–Trinajstić information content (AvgIpc) is 3.19. The first-order valence-electron chi connectivity index (χ1n) is 12.3. The van der Waals surface area contributed by atoms with Gasteiger partial charge in [0, 0.05) is 41.9 Å². The Labute approximate surface area is 213 Å². The van der Waals surface area contributed by atoms with Crippen LogP contribution in [0.15, 0.2) is 45.6 Å². The molecule has 0 atom stereocenters. The van der Waals surface area contributed by atoms with Crippen molar-refractivity contribution in [3.63, 3.8) is 0 Å². The monoisotopic (exact) mass is 500 g/mol. The zero-order valence-corrected chi connectivity index (χ0v) is 21.7. The highest BCUT2D eigenvalue weighted by molar-refractivity contribution is 7.19. The zero-order valence-electron chi connectivity index (χ0n) is 20.9. The van der Waals surface area contributed by atoms with Gasteiger partial charge in [-0.1, -0.05) is 51.2 Å². The summed E-state index contributed by atoms with van der Waals surface area (Å²) in [6.07, 6.45) is 4.06. The number of para-hydroxylation sites is 1. The summed E-state index contributed by atoms with van der Waals surface area (Å²) < 4.78 is 7.99. The van der Waals surface area contributed by atoms with E-state index in [9.17, 15) is 14.7 Å². The fourth-order valence-electron chi connectivity index (χ4n) is 5.75. The van der Waals surface area contributed by atoms with Crippen LogP contribution in [0.1, 0.15) is 62.2 Å². The fraction of sp³-hybridized carbons (Fsp3) is 0.345. The molecule has 0 radical (unpaired) electrons. The number of nitrogens with zero attached hydrogens (tertiary/aromatic N) is 2. The number of fused-ring (bicyclic) bond motifs is 3. The third kappa shape index (κ3) is 3.40. The third-order valence-corrected chi connectivity index (χ3v) is 8.98. The van der Waals surface area contributed by atoms with Gasteiger partial charge >= 0.3 is 11.7 Å². The van der Waals surface area contributed by atoms with Crippen molar-refractivity contribution in [2.45, 2.75) is 51.4 Å². The molecule has 0 saturated carbocycles. The van der Waals surface area contributed by atoms with E-state index in [-0.39, 0.29) is 10.8 Å². The topological polar surface area (TPSA) is 77.5 Å². The zero-order chi connectivity index (χ0) is 25.4. The van der Waals surface area contributed by atoms with Gasteiger partial charge in [-0.25, -0.2) is 4.79 Å². The van der Waals surface area contributed by atoms with Crippen molar-refractivity contribution in [2.75, 3.05) is 18.0 Å². The van der Waals surface area contributed by atoms with Crippen LogP contribution in [-0.4, -0.2) is 19.2 Å². The first kappa shape index (κ1) is 23.0. The number of hydrogen-bond acceptors (Lipinski definition) is 6. The molecule has 2 aromatic heterocycles. The molecule has 184 valence electrons. The van der Waals surface area contributed by atoms with Gasteiger partial charge in [-0.05, 0) is 53.5 Å². The third-order valence-electron chi connectivity index (χ3n) is 7.89. The Bertz CT molecular complexity index is 1660. The van der Waals surface area contributed by atoms with Crippen LogP contribution in [0, 0.1) is 0 Å². The van der Waals surface area contributed by atoms with Gasteiger partial charge in [0.05, 0.1) is 5.56 Å². The van der Waals surface area contributed by atoms with Crippen molar-refractivity contribution in [3.05, 3.63) is 68.5 Å². The van der Waals surface area contributed by atoms with Gasteiger partial charge in [0.15, 0.2) is 0 Å². The van der Waals surface area contributed by atoms with Gasteiger partial charge in [-0.15, -0.1) is 4.57 Å². The van der Waals surface area contributed by atoms with Crippen LogP contribution in [-0.2, 0) is 10.8 Å². The van der Waals surface area contributed by atoms with E-state index in [1.165, 1.54) is 22.6 Å². The molecule has 6 rings (SSSR count). The molecule has 36 heavy (non-hydrogen) atoms. The highest BCUT2D eigenvalue weighted by Gasteiger charge is 2.41. The summed E-state index contributed by atoms with van der Waals surface area (Å²) in [5.41, 5.74) is 4.75. The largest absolute Gasteiger partial charge is 0.490 e. The molecule has 4 aromatic rings. The SMILES string of the molecule is CC1(C)CCN2CCC(C)(C)c3c2c1cc1cc(/C=C/c2sc4ccccc4[n+]2C(=O)[O-])c(=O)oc31. The number of benzene rings is 2. The molecule has 6 nitrogen and oxygen atoms in total. The summed E-state index contributed by atoms with van der Waals surface area (Å²) in [4.78, 5) is 27.5. The molecule has 0 unspecified atom stereocenters. The predicted octanol–water partition coefficient (Wildman–Crippen LogP) is 4.83. The lowest BCUT2D eigenvalue weighted by Gasteiger charge is -2.48. The highest BCUT2D eigenvalue weighted by Crippen LogP contribution is 2.51. The average molecular weight is 501 g/mol. The first-order chi connectivity index (χ1) is 17.1. The van der Waals surface area contributed by atoms with E-state index < -0.39 is 11.7 Å². The number of anilines is 1. The minimum absolute atomic E-state index is 0.0193. The van der Waals surface area contributed by atoms with Crippen LogP contribution in [0.4, 0.5) is 10.5 Å². The van der Waals surface area contributed by atoms with Crippen molar-refractivity contribution < 1.29 is 18.9 Å². The van der Waals surface area contributed by atoms with Gasteiger partial charge in [-0.2, -0.15) is 0 Å². The lowest BCUT2D eigenvalue weighted by Crippen LogP contribution is -2.52. The quantitative estimate of drug-likeness (QED) is 0.291. The lowest BCUT2D eigenvalue weighted by atomic mass is 9.69. The number of carbonyl (C=O) groups is 1. The molecule has 2 aliphatic heterocycles. The molecule has 2 aromatic carbocycles. The molecular weight excluding hydrogens is 472 g/mol. The lowest BCUT2D eigenvalue weighted by molar-refractivity contribution is -0.605. The van der Waals surface area contributed by atoms with E-state index in [2.05, 4.69) is 38.7 Å². The number of thiazole rings is 1. The Kier molecular flexibility index (Phi) is 4.96. The number of aromatic nitrogens is 1. The van der Waals surface area contributed by atoms with Gasteiger partial charge in [0.25, 0.3) is 5.01 Å². The summed E-state index contributed by atoms with van der Waals surface area (Å²) in [5.74, 6) is 0. The Hall–Kier alpha value is -3.45. The molecule has 2 aliphatic rings. The molecule has 0 bridgehead atoms. The Morgan fingerprint density at radius 2 is 1.81 bits per heavy atom. The normalized spacial score (nSPS) is 18.2. The Balaban J connectivity index is 1.54. The predicted molar refractivity (Wildman–Crippen MR) is 142 cm³/mol. The van der Waals surface area contributed by atoms with E-state index >= 15 is 0 Å². The van der Waals surface area contributed by atoms with Crippen molar-refractivity contribution in [1.82, 2.24) is 0 Å². The summed E-state index contributed by atoms with van der Waals surface area (Å²) in [5, 5.41) is 13.2. The minimum Gasteiger partial charge on any atom is -0.490 e. The van der Waals surface area contributed by atoms with Crippen LogP contribution >= 0.6 is 11.3 Å². The van der Waals surface area contributed by atoms with Crippen LogP contribution in [0.3, 0.4) is 0 Å². The summed E-state index contributed by atoms with van der Waals surface area (Å²) in [6, 6.07) is 11.3. The standard InChI is InChI=1S/C29H28N2O4S/c1-28(2)11-13-30-14-12-29(3,4)23-24(30)19(28)16-18-15-17(26(32)35-25(18)23)9-10-22-31(27(33)34)20-7-5-6-8-21(20)36-22/h5-10,15-16H,11-14H2,1-4H3. The fourth-order valence-corrected chi connectivity index (χ4v) is 6.78. The minimum atomic E-state index is -1.31. The molecule has 0 saturated heterocycles. The molecular formula is C29H28N2O4S. The van der Waals surface area contributed by atoms with Crippen molar-refractivity contribution in [1.29, 1.82) is 0 Å². The number of hydrogen-bond donors (Lipinski definition) is 0. The maximum Gasteiger partial charge on any atom is 0.345 e. The summed E-state index contributed by atoms with van der Waals surface area (Å²) in [7, 11) is 0. The molecule has 0 aliphatic carbocycles. The maximum absolute atomic E-state index is 13.2. The Morgan fingerprint density at radius 1 is 1.08 bits per heavy atom. The molecule has 7 heteroatoms. The van der Waals surface area contributed by atoms with Crippen molar-refractivity contribution in [3.8, 4) is 0 Å². The number of rotatable bonds is 2. The van der Waals surface area contributed by atoms with Gasteiger partial charge < -0.3 is 19.2 Å². The first-order valence-corrected chi connectivity index (χ1v) is 13.1. The van der Waals surface area contributed by atoms with Crippen LogP contribution in [0.2, 0.25) is 0 Å². The second kappa shape index (κ2) is 7.77. The second-order valence-corrected chi connectivity index (χ2v) is 12.2. The molecule has 4 heterocycles. The molecule has 0 N–H and O–H groups in total. The number of carboxylic acid groups (broad SMARTS) is 1. The summed E-state index contributed by atoms with van der Waals surface area (Å²) in [6.45, 7) is 11.0. The van der Waals surface area contributed by atoms with E-state index in [0.717, 1.165) is 46.1 Å². The Morgan fingerprint density at radius 3 is 2.56 bits per heavy atom. The molecule has 0 fully saturated rings. The van der Waals surface area contributed by atoms with Crippen molar-refractivity contribution >= 4 is 56.5 Å². The van der Waals surface area contributed by atoms with E-state index in [1.807, 2.05) is 18.2 Å². The van der Waals surface area contributed by atoms with E-state index in [4.69, 9.17) is 4.42 Å². The van der Waals surface area contributed by atoms with Gasteiger partial charge in [-0.3, -0.25) is 0 Å². The van der Waals surface area contributed by atoms with Crippen LogP contribution in [0.25, 0.3) is 33.3 Å². The highest BCUT2D eigenvalue weighted by atomic mass is 32.1. The molecule has 0 spiro atoms. The van der Waals surface area contributed by atoms with Crippen LogP contribution < -0.4 is 20.2 Å².